The summed E-state index contributed by atoms with van der Waals surface area (Å²) in [5.74, 6) is -1.49. The number of halogens is 1. The number of pyridine rings is 1. The van der Waals surface area contributed by atoms with Crippen molar-refractivity contribution >= 4 is 46.9 Å². The average Bonchev–Trinajstić information content (AvgIpc) is 3.73. The van der Waals surface area contributed by atoms with E-state index in [-0.39, 0.29) is 45.9 Å². The minimum atomic E-state index is -0.823. The first-order valence-electron chi connectivity index (χ1n) is 12.1. The molecule has 0 bridgehead atoms. The number of anilines is 2. The van der Waals surface area contributed by atoms with Crippen molar-refractivity contribution in [3.8, 4) is 12.1 Å². The zero-order valence-corrected chi connectivity index (χ0v) is 21.2. The Bertz CT molecular complexity index is 1620. The van der Waals surface area contributed by atoms with Gasteiger partial charge >= 0.3 is 0 Å². The lowest BCUT2D eigenvalue weighted by atomic mass is 10.0. The Hall–Kier alpha value is -4.80. The van der Waals surface area contributed by atoms with E-state index >= 15 is 0 Å². The molecular formula is C29H20FN5O3S. The van der Waals surface area contributed by atoms with Crippen molar-refractivity contribution in [3.63, 3.8) is 0 Å². The molecule has 2 N–H and O–H groups in total. The van der Waals surface area contributed by atoms with Crippen molar-refractivity contribution in [2.75, 3.05) is 10.6 Å². The predicted octanol–water partition coefficient (Wildman–Crippen LogP) is 4.74. The summed E-state index contributed by atoms with van der Waals surface area (Å²) in [6, 6.07) is 15.9. The molecular weight excluding hydrogens is 517 g/mol. The molecule has 39 heavy (non-hydrogen) atoms. The van der Waals surface area contributed by atoms with Crippen LogP contribution in [0.2, 0.25) is 0 Å². The number of imide groups is 1. The number of allylic oxidation sites excluding steroid dienone is 1. The summed E-state index contributed by atoms with van der Waals surface area (Å²) in [7, 11) is 0. The Morgan fingerprint density at radius 1 is 1.05 bits per heavy atom. The van der Waals surface area contributed by atoms with Crippen molar-refractivity contribution in [1.82, 2.24) is 4.98 Å². The topological polar surface area (TPSA) is 141 Å². The summed E-state index contributed by atoms with van der Waals surface area (Å²) in [5.41, 5.74) is 8.33. The highest BCUT2D eigenvalue weighted by Crippen LogP contribution is 2.47. The maximum absolute atomic E-state index is 13.2. The normalized spacial score (nSPS) is 16.9. The van der Waals surface area contributed by atoms with Crippen LogP contribution in [0.4, 0.5) is 15.9 Å². The molecule has 2 aliphatic rings. The summed E-state index contributed by atoms with van der Waals surface area (Å²) in [6.45, 7) is 0. The molecule has 0 spiro atoms. The molecule has 192 valence electrons. The number of hydrogen-bond donors (Lipinski definition) is 1. The fourth-order valence-electron chi connectivity index (χ4n) is 4.41. The molecule has 2 amide bonds. The highest BCUT2D eigenvalue weighted by Gasteiger charge is 2.42. The molecule has 0 radical (unpaired) electrons. The molecule has 2 aromatic carbocycles. The summed E-state index contributed by atoms with van der Waals surface area (Å²) >= 11 is 0.997. The van der Waals surface area contributed by atoms with Crippen LogP contribution in [0.1, 0.15) is 57.8 Å². The van der Waals surface area contributed by atoms with Gasteiger partial charge in [0.1, 0.15) is 28.8 Å². The lowest BCUT2D eigenvalue weighted by Gasteiger charge is -2.16. The van der Waals surface area contributed by atoms with Gasteiger partial charge < -0.3 is 5.73 Å². The summed E-state index contributed by atoms with van der Waals surface area (Å²) in [4.78, 5) is 43.9. The second kappa shape index (κ2) is 10.5. The fraction of sp³-hybridized carbons (Fsp3) is 0.172. The fourth-order valence-corrected chi connectivity index (χ4v) is 5.54. The molecule has 1 atom stereocenters. The third kappa shape index (κ3) is 5.15. The van der Waals surface area contributed by atoms with Gasteiger partial charge in [-0.25, -0.2) is 14.3 Å². The average molecular weight is 538 g/mol. The number of amides is 2. The monoisotopic (exact) mass is 537 g/mol. The van der Waals surface area contributed by atoms with Crippen LogP contribution in [0.5, 0.6) is 0 Å². The summed E-state index contributed by atoms with van der Waals surface area (Å²) < 4.78 is 13.1. The third-order valence-electron chi connectivity index (χ3n) is 6.51. The van der Waals surface area contributed by atoms with Gasteiger partial charge in [0, 0.05) is 12.0 Å². The van der Waals surface area contributed by atoms with E-state index in [1.165, 1.54) is 42.5 Å². The number of carbonyl (C=O) groups excluding carboxylic acids is 3. The van der Waals surface area contributed by atoms with E-state index in [1.807, 2.05) is 6.07 Å². The highest BCUT2D eigenvalue weighted by molar-refractivity contribution is 8.00. The minimum Gasteiger partial charge on any atom is -0.383 e. The molecule has 2 heterocycles. The van der Waals surface area contributed by atoms with Crippen molar-refractivity contribution < 1.29 is 18.8 Å². The van der Waals surface area contributed by atoms with Crippen LogP contribution >= 0.6 is 11.8 Å². The smallest absolute Gasteiger partial charge is 0.247 e. The SMILES string of the molecule is N#Cc1c(N)nc(S[C@H]2CC(=O)N(c3ccc(C(=O)/C=C/c4ccc(F)cc4)cc3)C2=O)c(C#N)c1C1CC1. The molecule has 1 aromatic heterocycles. The van der Waals surface area contributed by atoms with E-state index in [0.717, 1.165) is 29.5 Å². The Balaban J connectivity index is 1.33. The van der Waals surface area contributed by atoms with Gasteiger partial charge in [-0.1, -0.05) is 30.0 Å². The number of thioether (sulfide) groups is 1. The van der Waals surface area contributed by atoms with E-state index in [1.54, 1.807) is 18.2 Å². The standard InChI is InChI=1S/C29H20FN5O3S/c30-19-8-1-16(2-9-19)3-12-23(36)17-6-10-20(11-7-17)35-25(37)13-24(29(35)38)39-28-22(15-32)26(18-4-5-18)21(14-31)27(33)34-28/h1-3,6-12,18,24H,4-5,13H2,(H2,33,34)/b12-3+/t24-/m0/s1. The van der Waals surface area contributed by atoms with Gasteiger partial charge in [-0.3, -0.25) is 14.4 Å². The second-order valence-corrected chi connectivity index (χ2v) is 10.3. The highest BCUT2D eigenvalue weighted by atomic mass is 32.2. The molecule has 2 fully saturated rings. The zero-order chi connectivity index (χ0) is 27.7. The van der Waals surface area contributed by atoms with Gasteiger partial charge in [0.2, 0.25) is 11.8 Å². The summed E-state index contributed by atoms with van der Waals surface area (Å²) in [5, 5.41) is 18.8. The van der Waals surface area contributed by atoms with Crippen molar-refractivity contribution in [2.45, 2.75) is 35.5 Å². The second-order valence-electron chi connectivity index (χ2n) is 9.14. The molecule has 8 nitrogen and oxygen atoms in total. The first-order chi connectivity index (χ1) is 18.8. The first-order valence-corrected chi connectivity index (χ1v) is 12.9. The number of hydrogen-bond acceptors (Lipinski definition) is 8. The Morgan fingerprint density at radius 3 is 2.33 bits per heavy atom. The van der Waals surface area contributed by atoms with E-state index in [2.05, 4.69) is 11.1 Å². The van der Waals surface area contributed by atoms with Crippen LogP contribution in [0.25, 0.3) is 6.08 Å². The van der Waals surface area contributed by atoms with Crippen LogP contribution in [0.3, 0.4) is 0 Å². The van der Waals surface area contributed by atoms with E-state index in [0.29, 0.717) is 22.4 Å². The molecule has 1 aliphatic heterocycles. The van der Waals surface area contributed by atoms with Crippen LogP contribution in [0.15, 0.2) is 59.6 Å². The Labute approximate surface area is 227 Å². The number of rotatable bonds is 7. The number of benzene rings is 2. The van der Waals surface area contributed by atoms with Crippen LogP contribution < -0.4 is 10.6 Å². The van der Waals surface area contributed by atoms with Gasteiger partial charge in [-0.15, -0.1) is 0 Å². The number of aromatic nitrogens is 1. The lowest BCUT2D eigenvalue weighted by Crippen LogP contribution is -2.31. The van der Waals surface area contributed by atoms with E-state index in [9.17, 15) is 29.3 Å². The van der Waals surface area contributed by atoms with Crippen LogP contribution in [0, 0.1) is 28.5 Å². The van der Waals surface area contributed by atoms with E-state index < -0.39 is 17.1 Å². The van der Waals surface area contributed by atoms with Crippen molar-refractivity contribution in [2.24, 2.45) is 0 Å². The quantitative estimate of drug-likeness (QED) is 0.259. The van der Waals surface area contributed by atoms with Crippen molar-refractivity contribution in [3.05, 3.63) is 88.2 Å². The number of carbonyl (C=O) groups is 3. The van der Waals surface area contributed by atoms with Crippen LogP contribution in [-0.4, -0.2) is 27.8 Å². The number of ketones is 1. The van der Waals surface area contributed by atoms with Gasteiger partial charge in [-0.2, -0.15) is 10.5 Å². The van der Waals surface area contributed by atoms with Gasteiger partial charge in [-0.05, 0) is 72.4 Å². The predicted molar refractivity (Wildman–Crippen MR) is 143 cm³/mol. The molecule has 1 saturated carbocycles. The third-order valence-corrected chi connectivity index (χ3v) is 7.68. The van der Waals surface area contributed by atoms with Crippen molar-refractivity contribution in [1.29, 1.82) is 10.5 Å². The maximum atomic E-state index is 13.2. The Kier molecular flexibility index (Phi) is 6.97. The van der Waals surface area contributed by atoms with Gasteiger partial charge in [0.25, 0.3) is 0 Å². The Morgan fingerprint density at radius 2 is 1.72 bits per heavy atom. The number of nitriles is 2. The van der Waals surface area contributed by atoms with E-state index in [4.69, 9.17) is 5.73 Å². The van der Waals surface area contributed by atoms with Gasteiger partial charge in [0.05, 0.1) is 22.1 Å². The maximum Gasteiger partial charge on any atom is 0.247 e. The molecule has 1 aliphatic carbocycles. The molecule has 10 heteroatoms. The summed E-state index contributed by atoms with van der Waals surface area (Å²) in [6.07, 6.45) is 4.51. The number of nitrogens with two attached hydrogens (primary N) is 1. The van der Waals surface area contributed by atoms with Gasteiger partial charge in [0.15, 0.2) is 5.78 Å². The minimum absolute atomic E-state index is 0.00302. The largest absolute Gasteiger partial charge is 0.383 e. The van der Waals surface area contributed by atoms with Crippen LogP contribution in [-0.2, 0) is 9.59 Å². The molecule has 3 aromatic rings. The molecule has 0 unspecified atom stereocenters. The first kappa shape index (κ1) is 25.8. The number of nitrogens with zero attached hydrogens (tertiary/aromatic N) is 4. The zero-order valence-electron chi connectivity index (χ0n) is 20.4. The molecule has 1 saturated heterocycles. The lowest BCUT2D eigenvalue weighted by molar-refractivity contribution is -0.121. The molecule has 5 rings (SSSR count). The number of nitrogen functional groups attached to an aromatic ring is 1.